The molecule has 3 heterocycles. The molecule has 0 aliphatic rings. The van der Waals surface area contributed by atoms with Crippen molar-refractivity contribution in [2.75, 3.05) is 0 Å². The number of fused-ring (bicyclic) bond motifs is 1. The average Bonchev–Trinajstić information content (AvgIpc) is 3.50. The zero-order chi connectivity index (χ0) is 22.8. The van der Waals surface area contributed by atoms with Gasteiger partial charge in [0.1, 0.15) is 11.5 Å². The maximum absolute atomic E-state index is 9.17. The normalized spacial score (nSPS) is 11.2. The van der Waals surface area contributed by atoms with Crippen molar-refractivity contribution in [2.24, 2.45) is 0 Å². The van der Waals surface area contributed by atoms with Gasteiger partial charge in [-0.15, -0.1) is 0 Å². The fourth-order valence-electron chi connectivity index (χ4n) is 3.86. The molecule has 2 aromatic carbocycles. The molecule has 0 amide bonds. The van der Waals surface area contributed by atoms with Gasteiger partial charge in [0.15, 0.2) is 0 Å². The number of imidazole rings is 1. The molecule has 0 aliphatic heterocycles. The predicted octanol–water partition coefficient (Wildman–Crippen LogP) is 5.12. The molecule has 0 atom stereocenters. The molecule has 0 radical (unpaired) electrons. The van der Waals surface area contributed by atoms with Crippen molar-refractivity contribution in [3.05, 3.63) is 84.1 Å². The van der Waals surface area contributed by atoms with E-state index in [4.69, 9.17) is 15.3 Å². The Morgan fingerprint density at radius 1 is 1.00 bits per heavy atom. The van der Waals surface area contributed by atoms with Crippen LogP contribution < -0.4 is 0 Å². The molecule has 1 N–H and O–H groups in total. The van der Waals surface area contributed by atoms with E-state index in [9.17, 15) is 0 Å². The van der Waals surface area contributed by atoms with Crippen molar-refractivity contribution in [1.29, 1.82) is 5.26 Å². The first-order valence-electron chi connectivity index (χ1n) is 11.0. The van der Waals surface area contributed by atoms with Crippen LogP contribution in [0.25, 0.3) is 33.7 Å². The quantitative estimate of drug-likeness (QED) is 0.401. The molecular formula is C26H23N7. The lowest BCUT2D eigenvalue weighted by atomic mass is 10.1. The number of aromatic nitrogens is 6. The molecule has 0 saturated carbocycles. The Bertz CT molecular complexity index is 1470. The number of benzene rings is 2. The average molecular weight is 434 g/mol. The minimum Gasteiger partial charge on any atom is -0.340 e. The van der Waals surface area contributed by atoms with E-state index in [2.05, 4.69) is 34.9 Å². The lowest BCUT2D eigenvalue weighted by molar-refractivity contribution is 0.534. The van der Waals surface area contributed by atoms with Crippen molar-refractivity contribution in [1.82, 2.24) is 29.7 Å². The summed E-state index contributed by atoms with van der Waals surface area (Å²) in [4.78, 5) is 17.3. The summed E-state index contributed by atoms with van der Waals surface area (Å²) >= 11 is 0. The minimum absolute atomic E-state index is 0.271. The van der Waals surface area contributed by atoms with E-state index in [1.807, 2.05) is 59.4 Å². The van der Waals surface area contributed by atoms with Crippen LogP contribution >= 0.6 is 0 Å². The van der Waals surface area contributed by atoms with Crippen LogP contribution in [0.3, 0.4) is 0 Å². The molecule has 5 aromatic rings. The Balaban J connectivity index is 1.53. The molecule has 0 aliphatic carbocycles. The van der Waals surface area contributed by atoms with Gasteiger partial charge in [-0.05, 0) is 56.2 Å². The summed E-state index contributed by atoms with van der Waals surface area (Å²) in [5.41, 5.74) is 7.00. The Hall–Kier alpha value is -4.31. The fourth-order valence-corrected chi connectivity index (χ4v) is 3.86. The lowest BCUT2D eigenvalue weighted by Gasteiger charge is -2.04. The summed E-state index contributed by atoms with van der Waals surface area (Å²) in [6.45, 7) is 4.21. The summed E-state index contributed by atoms with van der Waals surface area (Å²) in [6.07, 6.45) is 6.89. The molecule has 0 bridgehead atoms. The van der Waals surface area contributed by atoms with Gasteiger partial charge in [0.2, 0.25) is 0 Å². The summed E-state index contributed by atoms with van der Waals surface area (Å²) in [7, 11) is 0. The van der Waals surface area contributed by atoms with Gasteiger partial charge in [-0.25, -0.2) is 4.98 Å². The monoisotopic (exact) mass is 433 g/mol. The molecule has 7 nitrogen and oxygen atoms in total. The number of aromatic amines is 1. The second kappa shape index (κ2) is 8.67. The number of nitriles is 1. The lowest BCUT2D eigenvalue weighted by Crippen LogP contribution is -2.01. The smallest absolute Gasteiger partial charge is 0.111 e. The predicted molar refractivity (Wildman–Crippen MR) is 127 cm³/mol. The Labute approximate surface area is 191 Å². The number of aryl methyl sites for hydroxylation is 2. The van der Waals surface area contributed by atoms with E-state index in [-0.39, 0.29) is 6.04 Å². The van der Waals surface area contributed by atoms with E-state index >= 15 is 0 Å². The molecule has 7 heteroatoms. The largest absolute Gasteiger partial charge is 0.340 e. The van der Waals surface area contributed by atoms with Crippen molar-refractivity contribution in [2.45, 2.75) is 32.7 Å². The molecule has 33 heavy (non-hydrogen) atoms. The molecule has 162 valence electrons. The van der Waals surface area contributed by atoms with Crippen LogP contribution in [0.1, 0.15) is 36.8 Å². The second-order valence-corrected chi connectivity index (χ2v) is 8.25. The Morgan fingerprint density at radius 2 is 1.85 bits per heavy atom. The number of hydrogen-bond donors (Lipinski definition) is 1. The zero-order valence-electron chi connectivity index (χ0n) is 18.5. The van der Waals surface area contributed by atoms with Gasteiger partial charge in [0.05, 0.1) is 34.1 Å². The van der Waals surface area contributed by atoms with E-state index in [1.54, 1.807) is 12.4 Å². The highest BCUT2D eigenvalue weighted by Crippen LogP contribution is 2.31. The van der Waals surface area contributed by atoms with Gasteiger partial charge in [-0.1, -0.05) is 18.2 Å². The Kier molecular flexibility index (Phi) is 5.41. The number of rotatable bonds is 6. The highest BCUT2D eigenvalue weighted by molar-refractivity contribution is 5.84. The van der Waals surface area contributed by atoms with Crippen molar-refractivity contribution >= 4 is 11.0 Å². The van der Waals surface area contributed by atoms with Gasteiger partial charge in [-0.3, -0.25) is 14.6 Å². The third-order valence-corrected chi connectivity index (χ3v) is 5.60. The standard InChI is InChI=1S/C26H23N7/c1-17(2)33-13-10-22(32-33)26-25(20-7-8-21-23(15-20)29-12-11-28-21)30-24(31-26)9-6-18-4-3-5-19(14-18)16-27/h3-5,7-8,10-15,17H,6,9H2,1-2H3,(H,30,31). The van der Waals surface area contributed by atoms with E-state index in [0.29, 0.717) is 5.56 Å². The third kappa shape index (κ3) is 4.23. The van der Waals surface area contributed by atoms with Crippen LogP contribution in [0.4, 0.5) is 0 Å². The molecular weight excluding hydrogens is 410 g/mol. The number of H-pyrrole nitrogens is 1. The van der Waals surface area contributed by atoms with Crippen LogP contribution in [0.15, 0.2) is 67.1 Å². The van der Waals surface area contributed by atoms with Gasteiger partial charge in [-0.2, -0.15) is 10.4 Å². The highest BCUT2D eigenvalue weighted by atomic mass is 15.3. The van der Waals surface area contributed by atoms with Crippen LogP contribution in [0.2, 0.25) is 0 Å². The molecule has 3 aromatic heterocycles. The van der Waals surface area contributed by atoms with Crippen molar-refractivity contribution in [3.8, 4) is 28.7 Å². The van der Waals surface area contributed by atoms with Crippen LogP contribution in [0.5, 0.6) is 0 Å². The van der Waals surface area contributed by atoms with Crippen LogP contribution in [0, 0.1) is 11.3 Å². The number of nitrogens with one attached hydrogen (secondary N) is 1. The molecule has 5 rings (SSSR count). The van der Waals surface area contributed by atoms with Crippen LogP contribution in [-0.4, -0.2) is 29.7 Å². The molecule has 0 unspecified atom stereocenters. The number of hydrogen-bond acceptors (Lipinski definition) is 5. The second-order valence-electron chi connectivity index (χ2n) is 8.25. The maximum atomic E-state index is 9.17. The first-order valence-corrected chi connectivity index (χ1v) is 11.0. The SMILES string of the molecule is CC(C)n1ccc(-c2[nH]c(CCc3cccc(C#N)c3)nc2-c2ccc3nccnc3c2)n1. The summed E-state index contributed by atoms with van der Waals surface area (Å²) in [5.74, 6) is 0.876. The molecule has 0 spiro atoms. The number of nitrogens with zero attached hydrogens (tertiary/aromatic N) is 6. The van der Waals surface area contributed by atoms with E-state index < -0.39 is 0 Å². The first kappa shape index (κ1) is 20.6. The van der Waals surface area contributed by atoms with Gasteiger partial charge in [0.25, 0.3) is 0 Å². The summed E-state index contributed by atoms with van der Waals surface area (Å²) in [5, 5.41) is 13.9. The third-order valence-electron chi connectivity index (χ3n) is 5.60. The Morgan fingerprint density at radius 3 is 2.64 bits per heavy atom. The van der Waals surface area contributed by atoms with Gasteiger partial charge >= 0.3 is 0 Å². The highest BCUT2D eigenvalue weighted by Gasteiger charge is 2.17. The molecule has 0 fully saturated rings. The summed E-state index contributed by atoms with van der Waals surface area (Å²) < 4.78 is 1.94. The van der Waals surface area contributed by atoms with E-state index in [1.165, 1.54) is 0 Å². The first-order chi connectivity index (χ1) is 16.1. The fraction of sp³-hybridized carbons (Fsp3) is 0.192. The molecule has 0 saturated heterocycles. The van der Waals surface area contributed by atoms with Crippen molar-refractivity contribution < 1.29 is 0 Å². The maximum Gasteiger partial charge on any atom is 0.111 e. The summed E-state index contributed by atoms with van der Waals surface area (Å²) in [6, 6.07) is 18.2. The zero-order valence-corrected chi connectivity index (χ0v) is 18.5. The van der Waals surface area contributed by atoms with Crippen LogP contribution in [-0.2, 0) is 12.8 Å². The topological polar surface area (TPSA) is 96.1 Å². The van der Waals surface area contributed by atoms with Crippen molar-refractivity contribution in [3.63, 3.8) is 0 Å². The van der Waals surface area contributed by atoms with Gasteiger partial charge in [0, 0.05) is 36.6 Å². The van der Waals surface area contributed by atoms with Gasteiger partial charge < -0.3 is 4.98 Å². The van der Waals surface area contributed by atoms with E-state index in [0.717, 1.165) is 57.9 Å². The minimum atomic E-state index is 0.271.